The molecule has 1 radical (unpaired) electrons. The first-order valence-corrected chi connectivity index (χ1v) is 4.42. The SMILES string of the molecule is COC(=O)N(C)[CH]Cc1ccccc1. The molecule has 0 aliphatic carbocycles. The molecule has 1 rings (SSSR count). The quantitative estimate of drug-likeness (QED) is 0.733. The van der Waals surface area contributed by atoms with Crippen LogP contribution < -0.4 is 0 Å². The minimum atomic E-state index is -0.346. The summed E-state index contributed by atoms with van der Waals surface area (Å²) >= 11 is 0. The van der Waals surface area contributed by atoms with Crippen molar-refractivity contribution in [2.75, 3.05) is 14.2 Å². The van der Waals surface area contributed by atoms with Gasteiger partial charge in [-0.05, 0) is 12.0 Å². The standard InChI is InChI=1S/C11H14NO2/c1-12(11(13)14-2)9-8-10-6-4-3-5-7-10/h3-7,9H,8H2,1-2H3. The van der Waals surface area contributed by atoms with Crippen molar-refractivity contribution in [1.29, 1.82) is 0 Å². The lowest BCUT2D eigenvalue weighted by Gasteiger charge is -2.14. The molecule has 0 saturated carbocycles. The van der Waals surface area contributed by atoms with Crippen LogP contribution in [-0.2, 0) is 11.2 Å². The van der Waals surface area contributed by atoms with Crippen molar-refractivity contribution in [3.8, 4) is 0 Å². The van der Waals surface area contributed by atoms with E-state index in [1.165, 1.54) is 17.6 Å². The summed E-state index contributed by atoms with van der Waals surface area (Å²) in [7, 11) is 3.05. The van der Waals surface area contributed by atoms with E-state index in [2.05, 4.69) is 4.74 Å². The van der Waals surface area contributed by atoms with Gasteiger partial charge in [0, 0.05) is 7.05 Å². The van der Waals surface area contributed by atoms with Crippen LogP contribution in [0.5, 0.6) is 0 Å². The minimum absolute atomic E-state index is 0.346. The van der Waals surface area contributed by atoms with Gasteiger partial charge in [0.2, 0.25) is 0 Å². The average Bonchev–Trinajstić information content (AvgIpc) is 2.26. The Morgan fingerprint density at radius 1 is 1.43 bits per heavy atom. The van der Waals surface area contributed by atoms with E-state index in [0.29, 0.717) is 0 Å². The van der Waals surface area contributed by atoms with Crippen molar-refractivity contribution in [3.63, 3.8) is 0 Å². The number of carbonyl (C=O) groups is 1. The number of nitrogens with zero attached hydrogens (tertiary/aromatic N) is 1. The van der Waals surface area contributed by atoms with E-state index in [1.807, 2.05) is 30.3 Å². The summed E-state index contributed by atoms with van der Waals surface area (Å²) in [6.07, 6.45) is 0.382. The molecule has 0 aromatic heterocycles. The second-order valence-electron chi connectivity index (χ2n) is 2.95. The van der Waals surface area contributed by atoms with E-state index >= 15 is 0 Å². The Labute approximate surface area is 84.3 Å². The zero-order valence-corrected chi connectivity index (χ0v) is 8.43. The molecule has 0 aliphatic heterocycles. The maximum Gasteiger partial charge on any atom is 0.409 e. The van der Waals surface area contributed by atoms with Crippen molar-refractivity contribution in [2.24, 2.45) is 0 Å². The molecule has 3 heteroatoms. The molecule has 0 fully saturated rings. The van der Waals surface area contributed by atoms with Gasteiger partial charge in [0.1, 0.15) is 0 Å². The summed E-state index contributed by atoms with van der Waals surface area (Å²) in [5.74, 6) is 0. The third kappa shape index (κ3) is 3.09. The molecule has 0 spiro atoms. The molecule has 0 atom stereocenters. The highest BCUT2D eigenvalue weighted by Gasteiger charge is 2.07. The molecular formula is C11H14NO2. The fraction of sp³-hybridized carbons (Fsp3) is 0.273. The van der Waals surface area contributed by atoms with E-state index in [4.69, 9.17) is 0 Å². The molecule has 75 valence electrons. The van der Waals surface area contributed by atoms with E-state index in [9.17, 15) is 4.79 Å². The van der Waals surface area contributed by atoms with E-state index in [1.54, 1.807) is 13.6 Å². The first kappa shape index (κ1) is 10.6. The van der Waals surface area contributed by atoms with Gasteiger partial charge in [-0.1, -0.05) is 30.3 Å². The predicted octanol–water partition coefficient (Wildman–Crippen LogP) is 2.09. The maximum absolute atomic E-state index is 11.0. The third-order valence-electron chi connectivity index (χ3n) is 1.91. The van der Waals surface area contributed by atoms with Crippen LogP contribution in [0.3, 0.4) is 0 Å². The van der Waals surface area contributed by atoms with Crippen molar-refractivity contribution >= 4 is 6.09 Å². The van der Waals surface area contributed by atoms with Gasteiger partial charge in [-0.2, -0.15) is 0 Å². The van der Waals surface area contributed by atoms with Gasteiger partial charge < -0.3 is 9.64 Å². The fourth-order valence-electron chi connectivity index (χ4n) is 1.07. The molecule has 0 bridgehead atoms. The van der Waals surface area contributed by atoms with Crippen LogP contribution in [0.25, 0.3) is 0 Å². The van der Waals surface area contributed by atoms with Crippen LogP contribution in [0, 0.1) is 6.54 Å². The molecule has 0 heterocycles. The molecule has 1 aromatic carbocycles. The highest BCUT2D eigenvalue weighted by Crippen LogP contribution is 2.04. The third-order valence-corrected chi connectivity index (χ3v) is 1.91. The molecule has 1 aromatic rings. The minimum Gasteiger partial charge on any atom is -0.453 e. The predicted molar refractivity (Wildman–Crippen MR) is 54.6 cm³/mol. The number of likely N-dealkylation sites (N-methyl/N-ethyl adjacent to an activating group) is 1. The van der Waals surface area contributed by atoms with E-state index in [0.717, 1.165) is 6.42 Å². The molecule has 0 aliphatic rings. The Morgan fingerprint density at radius 2 is 2.07 bits per heavy atom. The highest BCUT2D eigenvalue weighted by molar-refractivity contribution is 5.67. The summed E-state index contributed by atoms with van der Waals surface area (Å²) in [6, 6.07) is 9.94. The smallest absolute Gasteiger partial charge is 0.409 e. The van der Waals surface area contributed by atoms with Crippen molar-refractivity contribution in [1.82, 2.24) is 4.90 Å². The van der Waals surface area contributed by atoms with Crippen LogP contribution in [0.4, 0.5) is 4.79 Å². The van der Waals surface area contributed by atoms with Crippen LogP contribution in [0.2, 0.25) is 0 Å². The topological polar surface area (TPSA) is 29.5 Å². The van der Waals surface area contributed by atoms with Gasteiger partial charge in [0.05, 0.1) is 13.7 Å². The molecule has 0 saturated heterocycles. The van der Waals surface area contributed by atoms with Crippen LogP contribution >= 0.6 is 0 Å². The van der Waals surface area contributed by atoms with Gasteiger partial charge in [-0.25, -0.2) is 4.79 Å². The van der Waals surface area contributed by atoms with Gasteiger partial charge in [0.15, 0.2) is 0 Å². The summed E-state index contributed by atoms with van der Waals surface area (Å²) < 4.78 is 4.56. The van der Waals surface area contributed by atoms with Gasteiger partial charge in [-0.3, -0.25) is 0 Å². The highest BCUT2D eigenvalue weighted by atomic mass is 16.5. The van der Waals surface area contributed by atoms with Crippen molar-refractivity contribution < 1.29 is 9.53 Å². The lowest BCUT2D eigenvalue weighted by Crippen LogP contribution is -2.24. The van der Waals surface area contributed by atoms with Crippen LogP contribution in [-0.4, -0.2) is 25.2 Å². The number of benzene rings is 1. The second kappa shape index (κ2) is 5.27. The number of hydrogen-bond donors (Lipinski definition) is 0. The van der Waals surface area contributed by atoms with Gasteiger partial charge in [0.25, 0.3) is 0 Å². The largest absolute Gasteiger partial charge is 0.453 e. The summed E-state index contributed by atoms with van der Waals surface area (Å²) in [4.78, 5) is 12.4. The fourth-order valence-corrected chi connectivity index (χ4v) is 1.07. The van der Waals surface area contributed by atoms with E-state index < -0.39 is 0 Å². The lowest BCUT2D eigenvalue weighted by molar-refractivity contribution is 0.141. The number of amides is 1. The molecule has 0 N–H and O–H groups in total. The molecule has 0 unspecified atom stereocenters. The average molecular weight is 192 g/mol. The Morgan fingerprint density at radius 3 is 2.64 bits per heavy atom. The Balaban J connectivity index is 2.38. The first-order valence-electron chi connectivity index (χ1n) is 4.42. The number of hydrogen-bond acceptors (Lipinski definition) is 2. The summed E-state index contributed by atoms with van der Waals surface area (Å²) in [5.41, 5.74) is 1.17. The number of ether oxygens (including phenoxy) is 1. The van der Waals surface area contributed by atoms with Crippen LogP contribution in [0.1, 0.15) is 5.56 Å². The molecule has 3 nitrogen and oxygen atoms in total. The second-order valence-corrected chi connectivity index (χ2v) is 2.95. The zero-order chi connectivity index (χ0) is 10.4. The van der Waals surface area contributed by atoms with Crippen molar-refractivity contribution in [3.05, 3.63) is 42.4 Å². The molecule has 1 amide bonds. The monoisotopic (exact) mass is 192 g/mol. The summed E-state index contributed by atoms with van der Waals surface area (Å²) in [6.45, 7) is 1.79. The van der Waals surface area contributed by atoms with Gasteiger partial charge >= 0.3 is 6.09 Å². The van der Waals surface area contributed by atoms with Crippen molar-refractivity contribution in [2.45, 2.75) is 6.42 Å². The first-order chi connectivity index (χ1) is 6.74. The number of rotatable bonds is 3. The Bertz CT molecular complexity index is 285. The summed E-state index contributed by atoms with van der Waals surface area (Å²) in [5, 5.41) is 0. The Kier molecular flexibility index (Phi) is 3.98. The Hall–Kier alpha value is -1.51. The maximum atomic E-state index is 11.0. The normalized spacial score (nSPS) is 9.57. The molecular weight excluding hydrogens is 178 g/mol. The lowest BCUT2D eigenvalue weighted by atomic mass is 10.1. The van der Waals surface area contributed by atoms with E-state index in [-0.39, 0.29) is 6.09 Å². The number of methoxy groups -OCH3 is 1. The number of carbonyl (C=O) groups excluding carboxylic acids is 1. The zero-order valence-electron chi connectivity index (χ0n) is 8.43. The van der Waals surface area contributed by atoms with Crippen LogP contribution in [0.15, 0.2) is 30.3 Å². The van der Waals surface area contributed by atoms with Gasteiger partial charge in [-0.15, -0.1) is 0 Å². The molecule has 14 heavy (non-hydrogen) atoms.